The first-order valence-corrected chi connectivity index (χ1v) is 11.4. The van der Waals surface area contributed by atoms with Gasteiger partial charge in [0.05, 0.1) is 5.56 Å². The van der Waals surface area contributed by atoms with Crippen molar-refractivity contribution in [1.82, 2.24) is 9.88 Å². The Morgan fingerprint density at radius 1 is 1.03 bits per heavy atom. The molecule has 1 aliphatic heterocycles. The fraction of sp³-hybridized carbons (Fsp3) is 0.185. The van der Waals surface area contributed by atoms with Crippen LogP contribution >= 0.6 is 11.6 Å². The molecule has 9 heteroatoms. The Hall–Kier alpha value is -3.78. The minimum absolute atomic E-state index is 0.233. The first kappa shape index (κ1) is 23.9. The Balaban J connectivity index is 1.65. The Bertz CT molecular complexity index is 1530. The third kappa shape index (κ3) is 4.01. The molecule has 0 radical (unpaired) electrons. The van der Waals surface area contributed by atoms with E-state index in [-0.39, 0.29) is 6.54 Å². The van der Waals surface area contributed by atoms with Gasteiger partial charge in [0.1, 0.15) is 0 Å². The van der Waals surface area contributed by atoms with Gasteiger partial charge in [-0.1, -0.05) is 48.0 Å². The molecule has 5 rings (SSSR count). The van der Waals surface area contributed by atoms with Gasteiger partial charge in [-0.2, -0.15) is 13.2 Å². The average molecular weight is 513 g/mol. The SMILES string of the molecule is Cc1c(-c2ccc(Cl)cc2)c2ccc(C(F)(F)F)cc2n1Cc1cccc([C@]2(C)OC(=O)NC2=O)c1. The highest BCUT2D eigenvalue weighted by atomic mass is 35.5. The minimum atomic E-state index is -4.49. The maximum Gasteiger partial charge on any atom is 0.416 e. The molecule has 1 aliphatic rings. The summed E-state index contributed by atoms with van der Waals surface area (Å²) in [6, 6.07) is 17.8. The van der Waals surface area contributed by atoms with Crippen LogP contribution in [0.25, 0.3) is 22.0 Å². The van der Waals surface area contributed by atoms with E-state index in [4.69, 9.17) is 16.3 Å². The van der Waals surface area contributed by atoms with E-state index >= 15 is 0 Å². The average Bonchev–Trinajstić information content (AvgIpc) is 3.25. The Morgan fingerprint density at radius 2 is 1.75 bits per heavy atom. The van der Waals surface area contributed by atoms with Crippen LogP contribution in [0.4, 0.5) is 18.0 Å². The minimum Gasteiger partial charge on any atom is -0.428 e. The number of alkyl halides is 3. The molecule has 0 unspecified atom stereocenters. The van der Waals surface area contributed by atoms with Crippen LogP contribution in [0.2, 0.25) is 5.02 Å². The molecular weight excluding hydrogens is 493 g/mol. The Morgan fingerprint density at radius 3 is 2.39 bits per heavy atom. The predicted molar refractivity (Wildman–Crippen MR) is 130 cm³/mol. The van der Waals surface area contributed by atoms with Crippen LogP contribution in [-0.2, 0) is 27.9 Å². The van der Waals surface area contributed by atoms with Crippen molar-refractivity contribution >= 4 is 34.5 Å². The van der Waals surface area contributed by atoms with Crippen LogP contribution in [0, 0.1) is 6.92 Å². The number of alkyl carbamates (subject to hydrolysis) is 1. The van der Waals surface area contributed by atoms with Gasteiger partial charge in [-0.3, -0.25) is 10.1 Å². The number of hydrogen-bond acceptors (Lipinski definition) is 3. The summed E-state index contributed by atoms with van der Waals surface area (Å²) in [5.74, 6) is -0.577. The number of fused-ring (bicyclic) bond motifs is 1. The Kier molecular flexibility index (Phi) is 5.59. The molecule has 0 aliphatic carbocycles. The van der Waals surface area contributed by atoms with E-state index in [9.17, 15) is 22.8 Å². The summed E-state index contributed by atoms with van der Waals surface area (Å²) in [6.07, 6.45) is -5.32. The van der Waals surface area contributed by atoms with E-state index in [2.05, 4.69) is 5.32 Å². The topological polar surface area (TPSA) is 60.3 Å². The molecule has 2 heterocycles. The third-order valence-corrected chi connectivity index (χ3v) is 6.80. The number of carbonyl (C=O) groups excluding carboxylic acids is 2. The van der Waals surface area contributed by atoms with Gasteiger partial charge in [0.25, 0.3) is 5.91 Å². The van der Waals surface area contributed by atoms with Gasteiger partial charge in [0, 0.05) is 39.3 Å². The summed E-state index contributed by atoms with van der Waals surface area (Å²) in [7, 11) is 0. The zero-order chi connectivity index (χ0) is 25.8. The van der Waals surface area contributed by atoms with Gasteiger partial charge in [0.15, 0.2) is 0 Å². The number of carbonyl (C=O) groups is 2. The number of nitrogens with zero attached hydrogens (tertiary/aromatic N) is 1. The summed E-state index contributed by atoms with van der Waals surface area (Å²) < 4.78 is 47.8. The largest absolute Gasteiger partial charge is 0.428 e. The van der Waals surface area contributed by atoms with Gasteiger partial charge in [-0.15, -0.1) is 0 Å². The van der Waals surface area contributed by atoms with E-state index in [1.54, 1.807) is 30.3 Å². The Labute approximate surface area is 209 Å². The van der Waals surface area contributed by atoms with Crippen molar-refractivity contribution < 1.29 is 27.5 Å². The van der Waals surface area contributed by atoms with Crippen LogP contribution in [-0.4, -0.2) is 16.6 Å². The van der Waals surface area contributed by atoms with Crippen LogP contribution in [0.3, 0.4) is 0 Å². The number of benzene rings is 3. The zero-order valence-electron chi connectivity index (χ0n) is 19.2. The molecule has 4 aromatic rings. The molecule has 0 bridgehead atoms. The summed E-state index contributed by atoms with van der Waals surface area (Å²) in [5, 5.41) is 3.37. The summed E-state index contributed by atoms with van der Waals surface area (Å²) in [5.41, 5.74) is 1.79. The van der Waals surface area contributed by atoms with Crippen LogP contribution in [0.1, 0.15) is 29.3 Å². The fourth-order valence-corrected chi connectivity index (χ4v) is 4.77. The lowest BCUT2D eigenvalue weighted by Gasteiger charge is -2.20. The number of imide groups is 1. The smallest absolute Gasteiger partial charge is 0.416 e. The molecule has 3 aromatic carbocycles. The highest BCUT2D eigenvalue weighted by Crippen LogP contribution is 2.39. The van der Waals surface area contributed by atoms with Gasteiger partial charge in [-0.05, 0) is 55.3 Å². The van der Waals surface area contributed by atoms with E-state index < -0.39 is 29.3 Å². The number of hydrogen-bond donors (Lipinski definition) is 1. The normalized spacial score (nSPS) is 17.9. The molecular formula is C27H20ClF3N2O3. The zero-order valence-corrected chi connectivity index (χ0v) is 20.0. The molecule has 1 aromatic heterocycles. The lowest BCUT2D eigenvalue weighted by molar-refractivity contribution is -0.137. The first-order valence-electron chi connectivity index (χ1n) is 11.1. The number of ether oxygens (including phenoxy) is 1. The van der Waals surface area contributed by atoms with Crippen LogP contribution in [0.15, 0.2) is 66.7 Å². The third-order valence-electron chi connectivity index (χ3n) is 6.55. The van der Waals surface area contributed by atoms with Crippen molar-refractivity contribution in [1.29, 1.82) is 0 Å². The van der Waals surface area contributed by atoms with Crippen molar-refractivity contribution in [2.45, 2.75) is 32.2 Å². The van der Waals surface area contributed by atoms with Gasteiger partial charge in [-0.25, -0.2) is 4.79 Å². The van der Waals surface area contributed by atoms with E-state index in [0.29, 0.717) is 21.5 Å². The number of nitrogens with one attached hydrogen (secondary N) is 1. The van der Waals surface area contributed by atoms with Crippen LogP contribution < -0.4 is 5.32 Å². The number of rotatable bonds is 4. The van der Waals surface area contributed by atoms with E-state index in [0.717, 1.165) is 34.5 Å². The molecule has 36 heavy (non-hydrogen) atoms. The van der Waals surface area contributed by atoms with Crippen molar-refractivity contribution in [3.8, 4) is 11.1 Å². The second-order valence-corrected chi connectivity index (χ2v) is 9.30. The summed E-state index contributed by atoms with van der Waals surface area (Å²) in [6.45, 7) is 3.59. The van der Waals surface area contributed by atoms with Gasteiger partial charge in [0.2, 0.25) is 5.60 Å². The molecule has 1 N–H and O–H groups in total. The molecule has 5 nitrogen and oxygen atoms in total. The van der Waals surface area contributed by atoms with Crippen LogP contribution in [0.5, 0.6) is 0 Å². The second kappa shape index (κ2) is 8.41. The highest BCUT2D eigenvalue weighted by molar-refractivity contribution is 6.30. The molecule has 1 fully saturated rings. The van der Waals surface area contributed by atoms with Crippen molar-refractivity contribution in [3.63, 3.8) is 0 Å². The molecule has 1 atom stereocenters. The maximum atomic E-state index is 13.6. The number of cyclic esters (lactones) is 1. The standard InChI is InChI=1S/C27H20ClF3N2O3/c1-15-23(17-6-9-20(28)10-7-17)21-11-8-19(27(29,30)31)13-22(21)33(15)14-16-4-3-5-18(12-16)26(2)24(34)32-25(35)36-26/h3-13H,14H2,1-2H3,(H,32,34,35)/t26-/m0/s1. The fourth-order valence-electron chi connectivity index (χ4n) is 4.65. The first-order chi connectivity index (χ1) is 17.0. The van der Waals surface area contributed by atoms with Crippen molar-refractivity contribution in [2.24, 2.45) is 0 Å². The van der Waals surface area contributed by atoms with Crippen molar-refractivity contribution in [2.75, 3.05) is 0 Å². The lowest BCUT2D eigenvalue weighted by Crippen LogP contribution is -2.33. The quantitative estimate of drug-likeness (QED) is 0.326. The second-order valence-electron chi connectivity index (χ2n) is 8.86. The van der Waals surface area contributed by atoms with Gasteiger partial charge >= 0.3 is 12.3 Å². The van der Waals surface area contributed by atoms with E-state index in [1.165, 1.54) is 13.0 Å². The van der Waals surface area contributed by atoms with E-state index in [1.807, 2.05) is 29.7 Å². The maximum absolute atomic E-state index is 13.6. The summed E-state index contributed by atoms with van der Waals surface area (Å²) in [4.78, 5) is 24.0. The molecule has 184 valence electrons. The molecule has 1 saturated heterocycles. The molecule has 0 spiro atoms. The molecule has 2 amide bonds. The van der Waals surface area contributed by atoms with Gasteiger partial charge < -0.3 is 9.30 Å². The highest BCUT2D eigenvalue weighted by Gasteiger charge is 2.46. The summed E-state index contributed by atoms with van der Waals surface area (Å²) >= 11 is 6.05. The molecule has 0 saturated carbocycles. The number of amides is 2. The number of halogens is 4. The lowest BCUT2D eigenvalue weighted by atomic mass is 9.94. The number of aromatic nitrogens is 1. The monoisotopic (exact) mass is 512 g/mol. The van der Waals surface area contributed by atoms with Crippen molar-refractivity contribution in [3.05, 3.63) is 94.1 Å². The predicted octanol–water partition coefficient (Wildman–Crippen LogP) is 6.82.